The minimum Gasteiger partial charge on any atom is -0.345 e. The maximum Gasteiger partial charge on any atom is 0.191 e. The van der Waals surface area contributed by atoms with Gasteiger partial charge in [-0.15, -0.1) is 21.5 Å². The normalized spacial score (nSPS) is 16.6. The number of nitrogens with zero attached hydrogens (tertiary/aromatic N) is 4. The summed E-state index contributed by atoms with van der Waals surface area (Å²) in [7, 11) is 0. The molecule has 3 aromatic heterocycles. The zero-order valence-electron chi connectivity index (χ0n) is 16.2. The van der Waals surface area contributed by atoms with Gasteiger partial charge in [0.15, 0.2) is 10.9 Å². The van der Waals surface area contributed by atoms with Gasteiger partial charge in [0, 0.05) is 40.3 Å². The molecule has 0 radical (unpaired) electrons. The number of ketones is 1. The van der Waals surface area contributed by atoms with Gasteiger partial charge in [-0.25, -0.2) is 0 Å². The molecule has 5 nitrogen and oxygen atoms in total. The van der Waals surface area contributed by atoms with Crippen molar-refractivity contribution in [1.82, 2.24) is 19.3 Å². The van der Waals surface area contributed by atoms with Crippen LogP contribution < -0.4 is 0 Å². The molecule has 2 aliphatic carbocycles. The number of rotatable bonds is 8. The van der Waals surface area contributed by atoms with Crippen molar-refractivity contribution in [2.75, 3.05) is 5.75 Å². The lowest BCUT2D eigenvalue weighted by Gasteiger charge is -2.09. The van der Waals surface area contributed by atoms with Crippen LogP contribution in [0.3, 0.4) is 0 Å². The number of hydrogen-bond donors (Lipinski definition) is 0. The highest BCUT2D eigenvalue weighted by Gasteiger charge is 2.31. The van der Waals surface area contributed by atoms with Gasteiger partial charge in [-0.1, -0.05) is 17.8 Å². The van der Waals surface area contributed by atoms with Crippen molar-refractivity contribution in [2.24, 2.45) is 0 Å². The van der Waals surface area contributed by atoms with E-state index >= 15 is 0 Å². The van der Waals surface area contributed by atoms with E-state index in [1.807, 2.05) is 0 Å². The molecular weight excluding hydrogens is 388 g/mol. The van der Waals surface area contributed by atoms with E-state index in [4.69, 9.17) is 0 Å². The van der Waals surface area contributed by atoms with Gasteiger partial charge in [0.1, 0.15) is 5.82 Å². The first kappa shape index (κ1) is 18.2. The topological polar surface area (TPSA) is 52.7 Å². The highest BCUT2D eigenvalue weighted by Crippen LogP contribution is 2.40. The molecule has 0 atom stereocenters. The molecule has 0 amide bonds. The van der Waals surface area contributed by atoms with Crippen LogP contribution >= 0.6 is 23.1 Å². The van der Waals surface area contributed by atoms with E-state index in [0.717, 1.165) is 28.7 Å². The van der Waals surface area contributed by atoms with Gasteiger partial charge in [0.2, 0.25) is 0 Å². The fourth-order valence-corrected chi connectivity index (χ4v) is 5.57. The lowest BCUT2D eigenvalue weighted by molar-refractivity contribution is 0.102. The van der Waals surface area contributed by atoms with Crippen LogP contribution in [0.2, 0.25) is 0 Å². The van der Waals surface area contributed by atoms with E-state index in [9.17, 15) is 4.79 Å². The first-order chi connectivity index (χ1) is 13.6. The molecule has 7 heteroatoms. The highest BCUT2D eigenvalue weighted by atomic mass is 32.2. The number of carbonyl (C=O) groups is 1. The smallest absolute Gasteiger partial charge is 0.191 e. The zero-order chi connectivity index (χ0) is 19.3. The van der Waals surface area contributed by atoms with Gasteiger partial charge in [-0.3, -0.25) is 4.79 Å². The Hall–Kier alpha value is -1.86. The van der Waals surface area contributed by atoms with Crippen molar-refractivity contribution in [1.29, 1.82) is 0 Å². The van der Waals surface area contributed by atoms with Crippen LogP contribution in [0.5, 0.6) is 0 Å². The van der Waals surface area contributed by atoms with Gasteiger partial charge < -0.3 is 9.13 Å². The van der Waals surface area contributed by atoms with Gasteiger partial charge in [-0.2, -0.15) is 0 Å². The van der Waals surface area contributed by atoms with Gasteiger partial charge >= 0.3 is 0 Å². The summed E-state index contributed by atoms with van der Waals surface area (Å²) in [5.41, 5.74) is 3.19. The van der Waals surface area contributed by atoms with Crippen LogP contribution in [0.1, 0.15) is 70.2 Å². The number of aryl methyl sites for hydroxylation is 1. The van der Waals surface area contributed by atoms with Crippen molar-refractivity contribution in [3.8, 4) is 0 Å². The third-order valence-electron chi connectivity index (χ3n) is 5.59. The number of aromatic nitrogens is 4. The number of Topliss-reactive ketones (excluding diaryl/α,β-unsaturated/α-hetero) is 1. The number of hydrogen-bond acceptors (Lipinski definition) is 5. The molecule has 3 heterocycles. The van der Waals surface area contributed by atoms with Crippen LogP contribution in [-0.4, -0.2) is 30.9 Å². The summed E-state index contributed by atoms with van der Waals surface area (Å²) in [5.74, 6) is 1.63. The molecule has 2 aliphatic rings. The SMILES string of the molecule is Cc1cc(C(=O)CSc2nnc(Cc3cccs3)n2C2CC2)c(C)n1C1CC1. The van der Waals surface area contributed by atoms with Crippen molar-refractivity contribution in [3.63, 3.8) is 0 Å². The molecule has 0 spiro atoms. The average Bonchev–Trinajstić information content (AvgIpc) is 3.58. The molecule has 0 aromatic carbocycles. The van der Waals surface area contributed by atoms with Crippen molar-refractivity contribution < 1.29 is 4.79 Å². The molecule has 2 saturated carbocycles. The van der Waals surface area contributed by atoms with Crippen LogP contribution in [0.25, 0.3) is 0 Å². The molecular formula is C21H24N4OS2. The highest BCUT2D eigenvalue weighted by molar-refractivity contribution is 7.99. The Bertz CT molecular complexity index is 1010. The minimum atomic E-state index is 0.190. The quantitative estimate of drug-likeness (QED) is 0.386. The van der Waals surface area contributed by atoms with Crippen molar-refractivity contribution in [3.05, 3.63) is 51.2 Å². The molecule has 0 aliphatic heterocycles. The number of carbonyl (C=O) groups excluding carboxylic acids is 1. The summed E-state index contributed by atoms with van der Waals surface area (Å²) < 4.78 is 4.61. The predicted octanol–water partition coefficient (Wildman–Crippen LogP) is 4.99. The average molecular weight is 413 g/mol. The monoisotopic (exact) mass is 412 g/mol. The summed E-state index contributed by atoms with van der Waals surface area (Å²) in [6, 6.07) is 7.38. The van der Waals surface area contributed by atoms with E-state index in [2.05, 4.69) is 56.8 Å². The lowest BCUT2D eigenvalue weighted by Crippen LogP contribution is -2.08. The second-order valence-corrected chi connectivity index (χ2v) is 9.83. The fraction of sp³-hybridized carbons (Fsp3) is 0.476. The fourth-order valence-electron chi connectivity index (χ4n) is 3.96. The third kappa shape index (κ3) is 3.46. The summed E-state index contributed by atoms with van der Waals surface area (Å²) >= 11 is 3.29. The zero-order valence-corrected chi connectivity index (χ0v) is 17.9. The van der Waals surface area contributed by atoms with Crippen LogP contribution in [0, 0.1) is 13.8 Å². The standard InChI is InChI=1S/C21H24N4OS2/c1-13-10-18(14(2)24(13)15-5-6-15)19(26)12-28-21-23-22-20(25(21)16-7-8-16)11-17-4-3-9-27-17/h3-4,9-10,15-16H,5-8,11-12H2,1-2H3. The summed E-state index contributed by atoms with van der Waals surface area (Å²) in [4.78, 5) is 14.2. The molecule has 5 rings (SSSR count). The molecule has 0 N–H and O–H groups in total. The molecule has 3 aromatic rings. The van der Waals surface area contributed by atoms with Gasteiger partial charge in [0.25, 0.3) is 0 Å². The molecule has 0 unspecified atom stereocenters. The molecule has 0 bridgehead atoms. The summed E-state index contributed by atoms with van der Waals surface area (Å²) in [5, 5.41) is 11.9. The van der Waals surface area contributed by atoms with E-state index < -0.39 is 0 Å². The Labute approximate surface area is 173 Å². The maximum absolute atomic E-state index is 12.9. The maximum atomic E-state index is 12.9. The van der Waals surface area contributed by atoms with E-state index in [1.54, 1.807) is 11.3 Å². The Kier molecular flexibility index (Phi) is 4.67. The van der Waals surface area contributed by atoms with Crippen molar-refractivity contribution >= 4 is 28.9 Å². The van der Waals surface area contributed by atoms with Gasteiger partial charge in [-0.05, 0) is 57.0 Å². The second kappa shape index (κ2) is 7.19. The minimum absolute atomic E-state index is 0.190. The Morgan fingerprint density at radius 1 is 1.18 bits per heavy atom. The van der Waals surface area contributed by atoms with Crippen molar-refractivity contribution in [2.45, 2.75) is 63.2 Å². The number of thioether (sulfide) groups is 1. The Balaban J connectivity index is 1.32. The lowest BCUT2D eigenvalue weighted by atomic mass is 10.2. The van der Waals surface area contributed by atoms with E-state index in [1.165, 1.54) is 48.0 Å². The number of thiophene rings is 1. The van der Waals surface area contributed by atoms with Gasteiger partial charge in [0.05, 0.1) is 5.75 Å². The predicted molar refractivity (Wildman–Crippen MR) is 113 cm³/mol. The summed E-state index contributed by atoms with van der Waals surface area (Å²) in [6.45, 7) is 4.19. The Morgan fingerprint density at radius 2 is 1.93 bits per heavy atom. The van der Waals surface area contributed by atoms with E-state index in [0.29, 0.717) is 17.8 Å². The van der Waals surface area contributed by atoms with Crippen LogP contribution in [0.4, 0.5) is 0 Å². The second-order valence-electron chi connectivity index (χ2n) is 7.85. The molecule has 2 fully saturated rings. The first-order valence-electron chi connectivity index (χ1n) is 9.92. The Morgan fingerprint density at radius 3 is 2.61 bits per heavy atom. The van der Waals surface area contributed by atoms with E-state index in [-0.39, 0.29) is 5.78 Å². The molecule has 0 saturated heterocycles. The third-order valence-corrected chi connectivity index (χ3v) is 7.41. The first-order valence-corrected chi connectivity index (χ1v) is 11.8. The van der Waals surface area contributed by atoms with Crippen LogP contribution in [-0.2, 0) is 6.42 Å². The summed E-state index contributed by atoms with van der Waals surface area (Å²) in [6.07, 6.45) is 5.64. The van der Waals surface area contributed by atoms with Crippen LogP contribution in [0.15, 0.2) is 28.7 Å². The molecule has 28 heavy (non-hydrogen) atoms. The largest absolute Gasteiger partial charge is 0.345 e. The molecule has 146 valence electrons.